The molecule has 1 aliphatic heterocycles. The Bertz CT molecular complexity index is 1590. The van der Waals surface area contributed by atoms with Gasteiger partial charge in [0, 0.05) is 19.2 Å². The van der Waals surface area contributed by atoms with Gasteiger partial charge in [-0.05, 0) is 29.3 Å². The Morgan fingerprint density at radius 2 is 1.65 bits per heavy atom. The van der Waals surface area contributed by atoms with Gasteiger partial charge in [-0.1, -0.05) is 72.5 Å². The minimum Gasteiger partial charge on any atom is -0.386 e. The number of hydrogen-bond acceptors (Lipinski definition) is 7. The quantitative estimate of drug-likeness (QED) is 0.188. The zero-order valence-corrected chi connectivity index (χ0v) is 23.6. The summed E-state index contributed by atoms with van der Waals surface area (Å²) >= 11 is 4.26. The van der Waals surface area contributed by atoms with Crippen molar-refractivity contribution in [2.45, 2.75) is 29.9 Å². The van der Waals surface area contributed by atoms with Gasteiger partial charge < -0.3 is 20.3 Å². The van der Waals surface area contributed by atoms with Crippen LogP contribution in [0.3, 0.4) is 0 Å². The summed E-state index contributed by atoms with van der Waals surface area (Å²) in [5, 5.41) is -0.425. The van der Waals surface area contributed by atoms with Gasteiger partial charge in [0.2, 0.25) is 0 Å². The molecule has 0 aliphatic carbocycles. The summed E-state index contributed by atoms with van der Waals surface area (Å²) < 4.78 is 42.8. The van der Waals surface area contributed by atoms with Crippen molar-refractivity contribution >= 4 is 42.1 Å². The number of fused-ring (bicyclic) bond motifs is 1. The molecule has 12 heteroatoms. The smallest absolute Gasteiger partial charge is 0.386 e. The third-order valence-electron chi connectivity index (χ3n) is 6.71. The maximum atomic E-state index is 14.5. The SMILES string of the molecule is CN1C(=O)C(c2ccccc2)N(C(CC(=O)OC(=O)C(F)(F)F)c2ccccc2)C(=O)c2cc(C#CC(S)CN)ccc21. The molecular formula is C31H26F3N3O5S. The molecule has 0 aromatic heterocycles. The van der Waals surface area contributed by atoms with Gasteiger partial charge in [0.1, 0.15) is 6.04 Å². The minimum absolute atomic E-state index is 0.0604. The molecule has 0 fully saturated rings. The molecule has 4 rings (SSSR count). The molecule has 3 unspecified atom stereocenters. The van der Waals surface area contributed by atoms with Crippen molar-refractivity contribution in [3.63, 3.8) is 0 Å². The molecule has 1 aliphatic rings. The lowest BCUT2D eigenvalue weighted by Crippen LogP contribution is -2.44. The monoisotopic (exact) mass is 609 g/mol. The van der Waals surface area contributed by atoms with Gasteiger partial charge in [-0.3, -0.25) is 14.4 Å². The number of benzene rings is 3. The number of carbonyl (C=O) groups is 4. The van der Waals surface area contributed by atoms with Crippen LogP contribution in [0.25, 0.3) is 0 Å². The average molecular weight is 610 g/mol. The molecule has 2 amide bonds. The largest absolute Gasteiger partial charge is 0.491 e. The number of alkyl halides is 3. The maximum absolute atomic E-state index is 14.5. The number of nitrogens with zero attached hydrogens (tertiary/aromatic N) is 2. The molecule has 3 atom stereocenters. The number of rotatable bonds is 6. The molecule has 222 valence electrons. The fraction of sp³-hybridized carbons (Fsp3) is 0.226. The Kier molecular flexibility index (Phi) is 9.58. The zero-order valence-electron chi connectivity index (χ0n) is 22.7. The molecule has 3 aromatic rings. The van der Waals surface area contributed by atoms with Crippen LogP contribution in [-0.2, 0) is 19.1 Å². The highest BCUT2D eigenvalue weighted by molar-refractivity contribution is 7.81. The molecule has 1 heterocycles. The number of ether oxygens (including phenoxy) is 1. The van der Waals surface area contributed by atoms with Crippen molar-refractivity contribution in [2.75, 3.05) is 18.5 Å². The summed E-state index contributed by atoms with van der Waals surface area (Å²) in [6.45, 7) is 0.190. The van der Waals surface area contributed by atoms with E-state index in [2.05, 4.69) is 29.2 Å². The number of esters is 2. The highest BCUT2D eigenvalue weighted by atomic mass is 32.1. The van der Waals surface area contributed by atoms with Crippen LogP contribution in [0.1, 0.15) is 45.6 Å². The van der Waals surface area contributed by atoms with E-state index >= 15 is 0 Å². The number of nitrogens with two attached hydrogens (primary N) is 1. The summed E-state index contributed by atoms with van der Waals surface area (Å²) in [4.78, 5) is 55.3. The predicted octanol–water partition coefficient (Wildman–Crippen LogP) is 4.22. The summed E-state index contributed by atoms with van der Waals surface area (Å²) in [5.74, 6) is 0.301. The van der Waals surface area contributed by atoms with Crippen LogP contribution < -0.4 is 10.6 Å². The Balaban J connectivity index is 1.91. The van der Waals surface area contributed by atoms with Gasteiger partial charge in [-0.2, -0.15) is 25.8 Å². The molecule has 0 saturated carbocycles. The highest BCUT2D eigenvalue weighted by Gasteiger charge is 2.46. The van der Waals surface area contributed by atoms with Crippen LogP contribution in [0.2, 0.25) is 0 Å². The molecule has 0 radical (unpaired) electrons. The van der Waals surface area contributed by atoms with Crippen molar-refractivity contribution < 1.29 is 37.1 Å². The second kappa shape index (κ2) is 13.1. The van der Waals surface area contributed by atoms with Gasteiger partial charge in [-0.25, -0.2) is 4.79 Å². The third kappa shape index (κ3) is 7.07. The van der Waals surface area contributed by atoms with E-state index < -0.39 is 53.7 Å². The first-order chi connectivity index (χ1) is 20.4. The van der Waals surface area contributed by atoms with Crippen molar-refractivity contribution in [2.24, 2.45) is 5.73 Å². The molecule has 43 heavy (non-hydrogen) atoms. The number of thiol groups is 1. The van der Waals surface area contributed by atoms with Crippen LogP contribution in [-0.4, -0.2) is 53.7 Å². The van der Waals surface area contributed by atoms with Crippen LogP contribution in [0.5, 0.6) is 0 Å². The summed E-state index contributed by atoms with van der Waals surface area (Å²) in [6, 6.07) is 18.3. The van der Waals surface area contributed by atoms with E-state index in [9.17, 15) is 32.3 Å². The van der Waals surface area contributed by atoms with E-state index in [4.69, 9.17) is 5.73 Å². The van der Waals surface area contributed by atoms with E-state index in [0.29, 0.717) is 16.7 Å². The van der Waals surface area contributed by atoms with Gasteiger partial charge in [-0.15, -0.1) is 0 Å². The number of likely N-dealkylation sites (N-methyl/N-ethyl adjacent to an activating group) is 1. The second-order valence-electron chi connectivity index (χ2n) is 9.57. The highest BCUT2D eigenvalue weighted by Crippen LogP contribution is 2.41. The first-order valence-electron chi connectivity index (χ1n) is 13.0. The Hall–Kier alpha value is -4.60. The molecule has 0 spiro atoms. The van der Waals surface area contributed by atoms with Crippen LogP contribution >= 0.6 is 12.6 Å². The van der Waals surface area contributed by atoms with E-state index in [1.807, 2.05) is 0 Å². The van der Waals surface area contributed by atoms with Crippen LogP contribution in [0.15, 0.2) is 78.9 Å². The van der Waals surface area contributed by atoms with Crippen LogP contribution in [0.4, 0.5) is 18.9 Å². The predicted molar refractivity (Wildman–Crippen MR) is 155 cm³/mol. The van der Waals surface area contributed by atoms with E-state index in [-0.39, 0.29) is 17.8 Å². The molecule has 8 nitrogen and oxygen atoms in total. The van der Waals surface area contributed by atoms with Crippen molar-refractivity contribution in [3.05, 3.63) is 101 Å². The van der Waals surface area contributed by atoms with Crippen molar-refractivity contribution in [1.82, 2.24) is 4.90 Å². The Morgan fingerprint density at radius 3 is 2.26 bits per heavy atom. The molecule has 2 N–H and O–H groups in total. The standard InChI is InChI=1S/C31H26F3N3O5S/c1-36-24-15-13-19(12-14-22(43)18-35)16-23(24)28(39)37(27(29(36)40)21-10-6-3-7-11-21)25(20-8-4-2-5-9-20)17-26(38)42-30(41)31(32,33)34/h2-11,13,15-16,22,25,27,43H,17-18,35H2,1H3. The zero-order chi connectivity index (χ0) is 31.3. The fourth-order valence-corrected chi connectivity index (χ4v) is 4.72. The lowest BCUT2D eigenvalue weighted by atomic mass is 9.95. The van der Waals surface area contributed by atoms with Gasteiger partial charge in [0.15, 0.2) is 0 Å². The number of amides is 2. The maximum Gasteiger partial charge on any atom is 0.491 e. The molecular weight excluding hydrogens is 583 g/mol. The normalized spacial score (nSPS) is 16.4. The number of anilines is 1. The summed E-state index contributed by atoms with van der Waals surface area (Å²) in [7, 11) is 1.49. The fourth-order valence-electron chi connectivity index (χ4n) is 4.65. The second-order valence-corrected chi connectivity index (χ2v) is 10.2. The van der Waals surface area contributed by atoms with Crippen molar-refractivity contribution in [3.8, 4) is 11.8 Å². The van der Waals surface area contributed by atoms with Gasteiger partial charge in [0.25, 0.3) is 11.8 Å². The number of halogens is 3. The first-order valence-corrected chi connectivity index (χ1v) is 13.5. The van der Waals surface area contributed by atoms with E-state index in [1.165, 1.54) is 18.0 Å². The molecule has 0 bridgehead atoms. The minimum atomic E-state index is -5.41. The summed E-state index contributed by atoms with van der Waals surface area (Å²) in [5.41, 5.74) is 7.04. The Morgan fingerprint density at radius 1 is 1.02 bits per heavy atom. The average Bonchev–Trinajstić information content (AvgIpc) is 3.07. The lowest BCUT2D eigenvalue weighted by molar-refractivity contribution is -0.202. The van der Waals surface area contributed by atoms with Gasteiger partial charge >= 0.3 is 18.1 Å². The molecule has 0 saturated heterocycles. The van der Waals surface area contributed by atoms with Crippen molar-refractivity contribution in [1.29, 1.82) is 0 Å². The Labute approximate surface area is 251 Å². The number of carbonyl (C=O) groups excluding carboxylic acids is 4. The lowest BCUT2D eigenvalue weighted by Gasteiger charge is -2.36. The van der Waals surface area contributed by atoms with E-state index in [1.54, 1.807) is 72.8 Å². The van der Waals surface area contributed by atoms with Crippen LogP contribution in [0, 0.1) is 11.8 Å². The topological polar surface area (TPSA) is 110 Å². The molecule has 3 aromatic carbocycles. The number of hydrogen-bond donors (Lipinski definition) is 2. The first kappa shape index (κ1) is 31.3. The summed E-state index contributed by atoms with van der Waals surface area (Å²) in [6.07, 6.45) is -6.27. The van der Waals surface area contributed by atoms with E-state index in [0.717, 1.165) is 4.90 Å². The third-order valence-corrected chi connectivity index (χ3v) is 7.05. The van der Waals surface area contributed by atoms with Gasteiger partial charge in [0.05, 0.1) is 29.0 Å².